The van der Waals surface area contributed by atoms with Gasteiger partial charge in [0, 0.05) is 11.8 Å². The lowest BCUT2D eigenvalue weighted by molar-refractivity contribution is 0.474. The number of aromatic hydroxyl groups is 1. The van der Waals surface area contributed by atoms with Crippen LogP contribution in [0.2, 0.25) is 0 Å². The van der Waals surface area contributed by atoms with E-state index in [0.717, 1.165) is 35.5 Å². The van der Waals surface area contributed by atoms with Crippen LogP contribution < -0.4 is 5.73 Å². The van der Waals surface area contributed by atoms with Gasteiger partial charge in [-0.3, -0.25) is 0 Å². The molecule has 0 aliphatic heterocycles. The number of aryl methyl sites for hydroxylation is 1. The third kappa shape index (κ3) is 3.54. The summed E-state index contributed by atoms with van der Waals surface area (Å²) in [5, 5.41) is 12.6. The lowest BCUT2D eigenvalue weighted by atomic mass is 10.1. The first-order valence-corrected chi connectivity index (χ1v) is 6.57. The van der Waals surface area contributed by atoms with Crippen molar-refractivity contribution >= 4 is 11.3 Å². The van der Waals surface area contributed by atoms with Gasteiger partial charge in [0.25, 0.3) is 0 Å². The zero-order chi connectivity index (χ0) is 12.1. The van der Waals surface area contributed by atoms with E-state index in [1.54, 1.807) is 23.5 Å². The Morgan fingerprint density at radius 1 is 1.35 bits per heavy atom. The van der Waals surface area contributed by atoms with E-state index in [9.17, 15) is 5.11 Å². The molecule has 0 saturated heterocycles. The fraction of sp³-hybridized carbons (Fsp3) is 0.308. The predicted molar refractivity (Wildman–Crippen MR) is 70.4 cm³/mol. The molecule has 1 aromatic heterocycles. The fourth-order valence-electron chi connectivity index (χ4n) is 1.67. The Morgan fingerprint density at radius 2 is 2.24 bits per heavy atom. The lowest BCUT2D eigenvalue weighted by Crippen LogP contribution is -2.00. The standard InChI is InChI=1S/C13H16N2OS/c14-6-2-4-11-9-17-13(15-11)8-10-3-1-5-12(16)7-10/h1,3,5,7,9,16H,2,4,6,8,14H2. The molecular weight excluding hydrogens is 232 g/mol. The van der Waals surface area contributed by atoms with Crippen LogP contribution in [0, 0.1) is 0 Å². The molecule has 0 aliphatic rings. The van der Waals surface area contributed by atoms with Crippen molar-refractivity contribution in [2.24, 2.45) is 5.73 Å². The summed E-state index contributed by atoms with van der Waals surface area (Å²) in [7, 11) is 0. The van der Waals surface area contributed by atoms with E-state index in [4.69, 9.17) is 5.73 Å². The first-order valence-electron chi connectivity index (χ1n) is 5.69. The zero-order valence-electron chi connectivity index (χ0n) is 9.60. The number of rotatable bonds is 5. The van der Waals surface area contributed by atoms with Crippen molar-refractivity contribution in [2.45, 2.75) is 19.3 Å². The molecule has 0 unspecified atom stereocenters. The van der Waals surface area contributed by atoms with Gasteiger partial charge in [0.1, 0.15) is 5.75 Å². The van der Waals surface area contributed by atoms with Gasteiger partial charge in [-0.1, -0.05) is 12.1 Å². The van der Waals surface area contributed by atoms with Crippen molar-refractivity contribution in [3.05, 3.63) is 45.9 Å². The minimum Gasteiger partial charge on any atom is -0.508 e. The summed E-state index contributed by atoms with van der Waals surface area (Å²) in [5.74, 6) is 0.308. The molecule has 0 bridgehead atoms. The van der Waals surface area contributed by atoms with Gasteiger partial charge in [0.15, 0.2) is 0 Å². The maximum atomic E-state index is 9.38. The molecule has 1 aromatic carbocycles. The van der Waals surface area contributed by atoms with Gasteiger partial charge in [0.05, 0.1) is 10.7 Å². The molecular formula is C13H16N2OS. The molecule has 0 saturated carbocycles. The number of phenols is 1. The molecule has 1 heterocycles. The number of hydrogen-bond acceptors (Lipinski definition) is 4. The van der Waals surface area contributed by atoms with Crippen LogP contribution in [0.15, 0.2) is 29.6 Å². The van der Waals surface area contributed by atoms with E-state index in [2.05, 4.69) is 10.4 Å². The second kappa shape index (κ2) is 5.80. The average Bonchev–Trinajstić information content (AvgIpc) is 2.74. The minimum atomic E-state index is 0.308. The third-order valence-electron chi connectivity index (χ3n) is 2.50. The second-order valence-electron chi connectivity index (χ2n) is 3.97. The highest BCUT2D eigenvalue weighted by Crippen LogP contribution is 2.18. The van der Waals surface area contributed by atoms with E-state index in [0.29, 0.717) is 12.3 Å². The normalized spacial score (nSPS) is 10.6. The monoisotopic (exact) mass is 248 g/mol. The average molecular weight is 248 g/mol. The van der Waals surface area contributed by atoms with E-state index < -0.39 is 0 Å². The SMILES string of the molecule is NCCCc1csc(Cc2cccc(O)c2)n1. The van der Waals surface area contributed by atoms with Crippen LogP contribution in [-0.2, 0) is 12.8 Å². The van der Waals surface area contributed by atoms with Crippen LogP contribution in [0.3, 0.4) is 0 Å². The topological polar surface area (TPSA) is 59.1 Å². The van der Waals surface area contributed by atoms with Crippen LogP contribution in [0.25, 0.3) is 0 Å². The number of phenolic OH excluding ortho intramolecular Hbond substituents is 1. The Hall–Kier alpha value is -1.39. The van der Waals surface area contributed by atoms with Gasteiger partial charge in [-0.2, -0.15) is 0 Å². The maximum Gasteiger partial charge on any atom is 0.115 e. The van der Waals surface area contributed by atoms with Crippen LogP contribution in [0.5, 0.6) is 5.75 Å². The molecule has 2 aromatic rings. The van der Waals surface area contributed by atoms with E-state index in [1.165, 1.54) is 0 Å². The predicted octanol–water partition coefficient (Wildman–Crippen LogP) is 2.33. The molecule has 0 radical (unpaired) electrons. The van der Waals surface area contributed by atoms with Gasteiger partial charge in [-0.25, -0.2) is 4.98 Å². The highest BCUT2D eigenvalue weighted by atomic mass is 32.1. The van der Waals surface area contributed by atoms with Crippen molar-refractivity contribution in [1.82, 2.24) is 4.98 Å². The number of nitrogens with zero attached hydrogens (tertiary/aromatic N) is 1. The fourth-order valence-corrected chi connectivity index (χ4v) is 2.53. The molecule has 0 spiro atoms. The summed E-state index contributed by atoms with van der Waals surface area (Å²) in [6.07, 6.45) is 2.71. The van der Waals surface area contributed by atoms with Gasteiger partial charge in [-0.15, -0.1) is 11.3 Å². The highest BCUT2D eigenvalue weighted by molar-refractivity contribution is 7.09. The number of nitrogens with two attached hydrogens (primary N) is 1. The number of hydrogen-bond donors (Lipinski definition) is 2. The first kappa shape index (κ1) is 12.1. The molecule has 4 heteroatoms. The van der Waals surface area contributed by atoms with Crippen LogP contribution in [0.1, 0.15) is 22.7 Å². The Morgan fingerprint density at radius 3 is 3.00 bits per heavy atom. The van der Waals surface area contributed by atoms with Crippen LogP contribution in [-0.4, -0.2) is 16.6 Å². The number of aromatic nitrogens is 1. The molecule has 3 N–H and O–H groups in total. The Balaban J connectivity index is 2.01. The second-order valence-corrected chi connectivity index (χ2v) is 4.91. The Labute approximate surface area is 105 Å². The number of benzene rings is 1. The van der Waals surface area contributed by atoms with Gasteiger partial charge >= 0.3 is 0 Å². The summed E-state index contributed by atoms with van der Waals surface area (Å²) in [4.78, 5) is 4.55. The molecule has 2 rings (SSSR count). The molecule has 0 amide bonds. The van der Waals surface area contributed by atoms with Crippen molar-refractivity contribution < 1.29 is 5.11 Å². The van der Waals surface area contributed by atoms with E-state index >= 15 is 0 Å². The minimum absolute atomic E-state index is 0.308. The molecule has 0 atom stereocenters. The first-order chi connectivity index (χ1) is 8.28. The molecule has 17 heavy (non-hydrogen) atoms. The Kier molecular flexibility index (Phi) is 4.12. The largest absolute Gasteiger partial charge is 0.508 e. The van der Waals surface area contributed by atoms with Gasteiger partial charge in [-0.05, 0) is 37.1 Å². The Bertz CT molecular complexity index is 482. The highest BCUT2D eigenvalue weighted by Gasteiger charge is 2.03. The summed E-state index contributed by atoms with van der Waals surface area (Å²) in [5.41, 5.74) is 7.68. The van der Waals surface area contributed by atoms with Crippen molar-refractivity contribution in [3.63, 3.8) is 0 Å². The van der Waals surface area contributed by atoms with Crippen molar-refractivity contribution in [3.8, 4) is 5.75 Å². The van der Waals surface area contributed by atoms with E-state index in [1.807, 2.05) is 12.1 Å². The summed E-state index contributed by atoms with van der Waals surface area (Å²) < 4.78 is 0. The lowest BCUT2D eigenvalue weighted by Gasteiger charge is -1.98. The van der Waals surface area contributed by atoms with Crippen LogP contribution in [0.4, 0.5) is 0 Å². The summed E-state index contributed by atoms with van der Waals surface area (Å²) in [6, 6.07) is 7.31. The molecule has 3 nitrogen and oxygen atoms in total. The van der Waals surface area contributed by atoms with E-state index in [-0.39, 0.29) is 0 Å². The zero-order valence-corrected chi connectivity index (χ0v) is 10.4. The number of thiazole rings is 1. The molecule has 0 aliphatic carbocycles. The molecule has 0 fully saturated rings. The summed E-state index contributed by atoms with van der Waals surface area (Å²) >= 11 is 1.67. The molecule has 90 valence electrons. The van der Waals surface area contributed by atoms with Gasteiger partial charge in [0.2, 0.25) is 0 Å². The quantitative estimate of drug-likeness (QED) is 0.853. The smallest absolute Gasteiger partial charge is 0.115 e. The van der Waals surface area contributed by atoms with Gasteiger partial charge < -0.3 is 10.8 Å². The van der Waals surface area contributed by atoms with Crippen molar-refractivity contribution in [2.75, 3.05) is 6.54 Å². The summed E-state index contributed by atoms with van der Waals surface area (Å²) in [6.45, 7) is 0.708. The third-order valence-corrected chi connectivity index (χ3v) is 3.40. The van der Waals surface area contributed by atoms with Crippen LogP contribution >= 0.6 is 11.3 Å². The maximum absolute atomic E-state index is 9.38. The van der Waals surface area contributed by atoms with Crippen molar-refractivity contribution in [1.29, 1.82) is 0 Å².